The second-order valence-corrected chi connectivity index (χ2v) is 3.00. The Labute approximate surface area is 93.2 Å². The second kappa shape index (κ2) is 8.06. The molecule has 0 radical (unpaired) electrons. The van der Waals surface area contributed by atoms with E-state index in [-0.39, 0.29) is 6.17 Å². The van der Waals surface area contributed by atoms with Gasteiger partial charge in [-0.2, -0.15) is 0 Å². The lowest BCUT2D eigenvalue weighted by Gasteiger charge is -2.13. The van der Waals surface area contributed by atoms with Crippen LogP contribution in [0.5, 0.6) is 0 Å². The molecule has 0 saturated carbocycles. The Morgan fingerprint density at radius 2 is 1.80 bits per heavy atom. The minimum Gasteiger partial charge on any atom is -0.370 e. The maximum absolute atomic E-state index is 5.65. The average Bonchev–Trinajstić information content (AvgIpc) is 2.29. The number of benzene rings is 1. The molecule has 84 valence electrons. The van der Waals surface area contributed by atoms with Gasteiger partial charge in [-0.3, -0.25) is 0 Å². The fraction of sp³-hybridized carbons (Fsp3) is 0.385. The monoisotopic (exact) mass is 206 g/mol. The summed E-state index contributed by atoms with van der Waals surface area (Å²) in [5, 5.41) is 3.18. The molecule has 2 heteroatoms. The van der Waals surface area contributed by atoms with Crippen molar-refractivity contribution in [2.75, 3.05) is 0 Å². The molecule has 0 aliphatic heterocycles. The van der Waals surface area contributed by atoms with Crippen LogP contribution in [0.2, 0.25) is 0 Å². The molecule has 0 saturated heterocycles. The smallest absolute Gasteiger partial charge is 0.0714 e. The summed E-state index contributed by atoms with van der Waals surface area (Å²) < 4.78 is 0. The van der Waals surface area contributed by atoms with E-state index in [1.54, 1.807) is 0 Å². The zero-order chi connectivity index (χ0) is 11.7. The molecule has 0 aliphatic carbocycles. The minimum absolute atomic E-state index is 0.0218. The molecule has 0 fully saturated rings. The third-order valence-corrected chi connectivity index (χ3v) is 1.76. The highest BCUT2D eigenvalue weighted by atomic mass is 15.0. The predicted octanol–water partition coefficient (Wildman–Crippen LogP) is 2.97. The van der Waals surface area contributed by atoms with Crippen LogP contribution in [0.1, 0.15) is 33.3 Å². The van der Waals surface area contributed by atoms with Crippen molar-refractivity contribution in [3.63, 3.8) is 0 Å². The standard InChI is InChI=1S/C11H16N2.C2H6/c1-3-11(13-9(2)12)10-7-5-4-6-8-10;1-2/h3-9,13H,12H2,1-2H3;1-2H3/b11-3-;. The highest BCUT2D eigenvalue weighted by Crippen LogP contribution is 2.10. The number of rotatable bonds is 3. The van der Waals surface area contributed by atoms with Gasteiger partial charge in [0, 0.05) is 5.70 Å². The molecule has 1 aromatic rings. The van der Waals surface area contributed by atoms with E-state index in [4.69, 9.17) is 5.73 Å². The first-order valence-electron chi connectivity index (χ1n) is 5.48. The molecule has 0 aromatic heterocycles. The maximum Gasteiger partial charge on any atom is 0.0714 e. The number of hydrogen-bond donors (Lipinski definition) is 2. The Kier molecular flexibility index (Phi) is 7.38. The first kappa shape index (κ1) is 13.7. The van der Waals surface area contributed by atoms with Crippen LogP contribution in [0.15, 0.2) is 36.4 Å². The highest BCUT2D eigenvalue weighted by Gasteiger charge is 1.99. The highest BCUT2D eigenvalue weighted by molar-refractivity contribution is 5.63. The van der Waals surface area contributed by atoms with Gasteiger partial charge in [0.25, 0.3) is 0 Å². The zero-order valence-electron chi connectivity index (χ0n) is 10.1. The van der Waals surface area contributed by atoms with E-state index in [9.17, 15) is 0 Å². The van der Waals surface area contributed by atoms with Crippen molar-refractivity contribution in [3.8, 4) is 0 Å². The van der Waals surface area contributed by atoms with Crippen molar-refractivity contribution in [2.24, 2.45) is 5.73 Å². The topological polar surface area (TPSA) is 38.0 Å². The third-order valence-electron chi connectivity index (χ3n) is 1.76. The van der Waals surface area contributed by atoms with Gasteiger partial charge < -0.3 is 11.1 Å². The maximum atomic E-state index is 5.65. The molecule has 2 nitrogen and oxygen atoms in total. The molecular formula is C13H22N2. The Hall–Kier alpha value is -1.28. The SMILES string of the molecule is C/C=C(\NC(C)N)c1ccccc1.CC. The summed E-state index contributed by atoms with van der Waals surface area (Å²) in [6.07, 6.45) is 2.00. The molecule has 0 bridgehead atoms. The third kappa shape index (κ3) is 5.23. The normalized spacial score (nSPS) is 12.5. The van der Waals surface area contributed by atoms with Crippen molar-refractivity contribution in [1.29, 1.82) is 0 Å². The van der Waals surface area contributed by atoms with Gasteiger partial charge in [0.1, 0.15) is 0 Å². The summed E-state index contributed by atoms with van der Waals surface area (Å²) in [5.74, 6) is 0. The van der Waals surface area contributed by atoms with Crippen LogP contribution >= 0.6 is 0 Å². The lowest BCUT2D eigenvalue weighted by atomic mass is 10.1. The molecule has 3 N–H and O–H groups in total. The van der Waals surface area contributed by atoms with E-state index >= 15 is 0 Å². The predicted molar refractivity (Wildman–Crippen MR) is 68.2 cm³/mol. The summed E-state index contributed by atoms with van der Waals surface area (Å²) in [6.45, 7) is 7.92. The number of nitrogens with one attached hydrogen (secondary N) is 1. The van der Waals surface area contributed by atoms with Crippen molar-refractivity contribution >= 4 is 5.70 Å². The first-order chi connectivity index (χ1) is 7.24. The molecule has 0 amide bonds. The Morgan fingerprint density at radius 1 is 1.27 bits per heavy atom. The summed E-state index contributed by atoms with van der Waals surface area (Å²) in [4.78, 5) is 0. The van der Waals surface area contributed by atoms with E-state index in [2.05, 4.69) is 17.4 Å². The van der Waals surface area contributed by atoms with Crippen LogP contribution < -0.4 is 11.1 Å². The number of hydrogen-bond acceptors (Lipinski definition) is 2. The molecule has 1 aromatic carbocycles. The second-order valence-electron chi connectivity index (χ2n) is 3.00. The van der Waals surface area contributed by atoms with Crippen molar-refractivity contribution in [3.05, 3.63) is 42.0 Å². The number of nitrogens with two attached hydrogens (primary N) is 1. The molecular weight excluding hydrogens is 184 g/mol. The van der Waals surface area contributed by atoms with Crippen LogP contribution in [-0.2, 0) is 0 Å². The Morgan fingerprint density at radius 3 is 2.20 bits per heavy atom. The quantitative estimate of drug-likeness (QED) is 0.746. The van der Waals surface area contributed by atoms with E-state index in [0.29, 0.717) is 0 Å². The van der Waals surface area contributed by atoms with E-state index in [1.165, 1.54) is 5.56 Å². The largest absolute Gasteiger partial charge is 0.370 e. The summed E-state index contributed by atoms with van der Waals surface area (Å²) >= 11 is 0. The van der Waals surface area contributed by atoms with Gasteiger partial charge in [0.15, 0.2) is 0 Å². The summed E-state index contributed by atoms with van der Waals surface area (Å²) in [7, 11) is 0. The summed E-state index contributed by atoms with van der Waals surface area (Å²) in [5.41, 5.74) is 7.90. The van der Waals surface area contributed by atoms with Gasteiger partial charge in [-0.15, -0.1) is 0 Å². The van der Waals surface area contributed by atoms with Gasteiger partial charge in [-0.1, -0.05) is 50.3 Å². The Balaban J connectivity index is 0.000000921. The Bertz CT molecular complexity index is 276. The molecule has 0 spiro atoms. The lowest BCUT2D eigenvalue weighted by Crippen LogP contribution is -2.32. The molecule has 15 heavy (non-hydrogen) atoms. The van der Waals surface area contributed by atoms with Gasteiger partial charge in [0.2, 0.25) is 0 Å². The molecule has 1 atom stereocenters. The molecule has 0 aliphatic rings. The molecule has 1 rings (SSSR count). The van der Waals surface area contributed by atoms with Gasteiger partial charge >= 0.3 is 0 Å². The van der Waals surface area contributed by atoms with Crippen LogP contribution in [0.25, 0.3) is 5.70 Å². The van der Waals surface area contributed by atoms with Crippen LogP contribution in [0.4, 0.5) is 0 Å². The van der Waals surface area contributed by atoms with E-state index in [0.717, 1.165) is 5.70 Å². The first-order valence-corrected chi connectivity index (χ1v) is 5.48. The van der Waals surface area contributed by atoms with Crippen LogP contribution in [0, 0.1) is 0 Å². The van der Waals surface area contributed by atoms with Crippen LogP contribution in [0.3, 0.4) is 0 Å². The number of allylic oxidation sites excluding steroid dienone is 1. The fourth-order valence-corrected chi connectivity index (χ4v) is 1.20. The fourth-order valence-electron chi connectivity index (χ4n) is 1.20. The van der Waals surface area contributed by atoms with Gasteiger partial charge in [0.05, 0.1) is 6.17 Å². The summed E-state index contributed by atoms with van der Waals surface area (Å²) in [6, 6.07) is 10.2. The van der Waals surface area contributed by atoms with Crippen molar-refractivity contribution in [2.45, 2.75) is 33.9 Å². The zero-order valence-corrected chi connectivity index (χ0v) is 10.1. The van der Waals surface area contributed by atoms with Crippen molar-refractivity contribution in [1.82, 2.24) is 5.32 Å². The molecule has 0 heterocycles. The van der Waals surface area contributed by atoms with Gasteiger partial charge in [-0.25, -0.2) is 0 Å². The lowest BCUT2D eigenvalue weighted by molar-refractivity contribution is 0.683. The van der Waals surface area contributed by atoms with Crippen molar-refractivity contribution < 1.29 is 0 Å². The van der Waals surface area contributed by atoms with E-state index in [1.807, 2.05) is 52.0 Å². The minimum atomic E-state index is -0.0218. The molecule has 1 unspecified atom stereocenters. The van der Waals surface area contributed by atoms with E-state index < -0.39 is 0 Å². The van der Waals surface area contributed by atoms with Gasteiger partial charge in [-0.05, 0) is 19.4 Å². The average molecular weight is 206 g/mol. The van der Waals surface area contributed by atoms with Crippen LogP contribution in [-0.4, -0.2) is 6.17 Å².